The number of rotatable bonds is 5. The monoisotopic (exact) mass is 451 g/mol. The lowest BCUT2D eigenvalue weighted by molar-refractivity contribution is -0.146. The van der Waals surface area contributed by atoms with Crippen molar-refractivity contribution in [3.05, 3.63) is 11.7 Å². The molecule has 180 valence electrons. The van der Waals surface area contributed by atoms with E-state index in [0.717, 1.165) is 70.0 Å². The van der Waals surface area contributed by atoms with E-state index in [1.54, 1.807) is 0 Å². The Balaban J connectivity index is 1.27. The van der Waals surface area contributed by atoms with Crippen molar-refractivity contribution in [2.45, 2.75) is 101 Å². The largest absolute Gasteiger partial charge is 0.339 e. The summed E-state index contributed by atoms with van der Waals surface area (Å²) < 4.78 is 36.2. The first-order valence-electron chi connectivity index (χ1n) is 12.7. The molecule has 2 aliphatic carbocycles. The van der Waals surface area contributed by atoms with E-state index >= 15 is 8.78 Å². The SMILES string of the molecule is CC(C)N1CCN([C@H]2CCCC(F)(F)[C@@H]2N2CCC(C)(c3noc(C4CC4)n3)CC2)CC1. The van der Waals surface area contributed by atoms with Gasteiger partial charge in [0, 0.05) is 56.0 Å². The van der Waals surface area contributed by atoms with Crippen LogP contribution in [-0.2, 0) is 5.41 Å². The maximum absolute atomic E-state index is 15.4. The molecular weight excluding hydrogens is 412 g/mol. The summed E-state index contributed by atoms with van der Waals surface area (Å²) >= 11 is 0. The fourth-order valence-corrected chi connectivity index (χ4v) is 6.11. The number of halogens is 2. The van der Waals surface area contributed by atoms with Gasteiger partial charge in [-0.1, -0.05) is 12.1 Å². The Bertz CT molecular complexity index is 779. The minimum atomic E-state index is -2.63. The Morgan fingerprint density at radius 3 is 2.25 bits per heavy atom. The van der Waals surface area contributed by atoms with Gasteiger partial charge in [0.1, 0.15) is 0 Å². The van der Waals surface area contributed by atoms with Crippen LogP contribution in [0.2, 0.25) is 0 Å². The summed E-state index contributed by atoms with van der Waals surface area (Å²) in [4.78, 5) is 11.6. The van der Waals surface area contributed by atoms with E-state index in [0.29, 0.717) is 31.5 Å². The molecule has 2 saturated heterocycles. The molecule has 4 fully saturated rings. The van der Waals surface area contributed by atoms with Crippen LogP contribution in [0.4, 0.5) is 8.78 Å². The topological polar surface area (TPSA) is 48.6 Å². The lowest BCUT2D eigenvalue weighted by Crippen LogP contribution is -2.66. The van der Waals surface area contributed by atoms with Gasteiger partial charge in [0.2, 0.25) is 5.89 Å². The predicted octanol–water partition coefficient (Wildman–Crippen LogP) is 3.88. The second-order valence-electron chi connectivity index (χ2n) is 11.2. The van der Waals surface area contributed by atoms with Crippen LogP contribution in [0.15, 0.2) is 4.52 Å². The molecule has 0 amide bonds. The molecule has 2 aliphatic heterocycles. The normalized spacial score (nSPS) is 32.4. The summed E-state index contributed by atoms with van der Waals surface area (Å²) in [6, 6.07) is -0.214. The number of hydrogen-bond donors (Lipinski definition) is 0. The van der Waals surface area contributed by atoms with Crippen LogP contribution < -0.4 is 0 Å². The number of nitrogens with zero attached hydrogens (tertiary/aromatic N) is 5. The fraction of sp³-hybridized carbons (Fsp3) is 0.917. The third-order valence-corrected chi connectivity index (χ3v) is 8.56. The van der Waals surface area contributed by atoms with Crippen molar-refractivity contribution in [2.75, 3.05) is 39.3 Å². The smallest absolute Gasteiger partial charge is 0.264 e. The molecule has 2 atom stereocenters. The Labute approximate surface area is 190 Å². The summed E-state index contributed by atoms with van der Waals surface area (Å²) in [5, 5.41) is 4.28. The van der Waals surface area contributed by atoms with Crippen LogP contribution in [0.25, 0.3) is 0 Å². The van der Waals surface area contributed by atoms with Gasteiger partial charge in [-0.2, -0.15) is 4.98 Å². The van der Waals surface area contributed by atoms with E-state index < -0.39 is 12.0 Å². The molecule has 6 nitrogen and oxygen atoms in total. The molecule has 0 spiro atoms. The third-order valence-electron chi connectivity index (χ3n) is 8.56. The van der Waals surface area contributed by atoms with Crippen molar-refractivity contribution in [3.63, 3.8) is 0 Å². The maximum atomic E-state index is 15.4. The van der Waals surface area contributed by atoms with Crippen molar-refractivity contribution >= 4 is 0 Å². The molecule has 0 unspecified atom stereocenters. The fourth-order valence-electron chi connectivity index (χ4n) is 6.11. The summed E-state index contributed by atoms with van der Waals surface area (Å²) in [5.41, 5.74) is -0.185. The molecule has 8 heteroatoms. The number of piperazine rings is 1. The minimum Gasteiger partial charge on any atom is -0.339 e. The van der Waals surface area contributed by atoms with Crippen LogP contribution in [0, 0.1) is 0 Å². The number of hydrogen-bond acceptors (Lipinski definition) is 6. The highest BCUT2D eigenvalue weighted by atomic mass is 19.3. The van der Waals surface area contributed by atoms with E-state index in [1.165, 1.54) is 0 Å². The van der Waals surface area contributed by atoms with E-state index in [9.17, 15) is 0 Å². The van der Waals surface area contributed by atoms with Crippen molar-refractivity contribution in [1.29, 1.82) is 0 Å². The molecule has 0 radical (unpaired) electrons. The average molecular weight is 452 g/mol. The zero-order valence-corrected chi connectivity index (χ0v) is 19.9. The number of alkyl halides is 2. The van der Waals surface area contributed by atoms with Crippen LogP contribution in [0.1, 0.15) is 83.3 Å². The molecule has 1 aromatic heterocycles. The Hall–Kier alpha value is -1.12. The van der Waals surface area contributed by atoms with Crippen molar-refractivity contribution < 1.29 is 13.3 Å². The van der Waals surface area contributed by atoms with Crippen LogP contribution >= 0.6 is 0 Å². The van der Waals surface area contributed by atoms with Gasteiger partial charge in [-0.05, 0) is 65.5 Å². The maximum Gasteiger partial charge on any atom is 0.264 e. The first kappa shape index (κ1) is 22.7. The molecule has 5 rings (SSSR count). The van der Waals surface area contributed by atoms with Gasteiger partial charge in [-0.3, -0.25) is 14.7 Å². The number of likely N-dealkylation sites (tertiary alicyclic amines) is 1. The highest BCUT2D eigenvalue weighted by Gasteiger charge is 2.53. The molecule has 3 heterocycles. The Morgan fingerprint density at radius 1 is 0.938 bits per heavy atom. The molecule has 32 heavy (non-hydrogen) atoms. The lowest BCUT2D eigenvalue weighted by Gasteiger charge is -2.52. The summed E-state index contributed by atoms with van der Waals surface area (Å²) in [6.45, 7) is 11.7. The van der Waals surface area contributed by atoms with Crippen molar-refractivity contribution in [2.24, 2.45) is 0 Å². The first-order valence-corrected chi connectivity index (χ1v) is 12.7. The van der Waals surface area contributed by atoms with Crippen molar-refractivity contribution in [1.82, 2.24) is 24.8 Å². The zero-order valence-electron chi connectivity index (χ0n) is 19.9. The molecule has 2 saturated carbocycles. The van der Waals surface area contributed by atoms with Crippen LogP contribution in [-0.4, -0.2) is 88.2 Å². The van der Waals surface area contributed by atoms with Crippen LogP contribution in [0.5, 0.6) is 0 Å². The second-order valence-corrected chi connectivity index (χ2v) is 11.2. The molecule has 0 N–H and O–H groups in total. The average Bonchev–Trinajstić information content (AvgIpc) is 3.50. The Morgan fingerprint density at radius 2 is 1.62 bits per heavy atom. The molecule has 4 aliphatic rings. The second kappa shape index (κ2) is 8.58. The predicted molar refractivity (Wildman–Crippen MR) is 119 cm³/mol. The summed E-state index contributed by atoms with van der Waals surface area (Å²) in [7, 11) is 0. The lowest BCUT2D eigenvalue weighted by atomic mass is 9.77. The van der Waals surface area contributed by atoms with E-state index in [2.05, 4.69) is 45.6 Å². The van der Waals surface area contributed by atoms with Gasteiger partial charge in [0.15, 0.2) is 5.82 Å². The van der Waals surface area contributed by atoms with E-state index in [-0.39, 0.29) is 17.9 Å². The molecular formula is C24H39F2N5O. The quantitative estimate of drug-likeness (QED) is 0.677. The van der Waals surface area contributed by atoms with E-state index in [1.807, 2.05) is 0 Å². The van der Waals surface area contributed by atoms with Gasteiger partial charge in [0.25, 0.3) is 5.92 Å². The van der Waals surface area contributed by atoms with Gasteiger partial charge in [-0.15, -0.1) is 0 Å². The highest BCUT2D eigenvalue weighted by Crippen LogP contribution is 2.44. The van der Waals surface area contributed by atoms with Gasteiger partial charge >= 0.3 is 0 Å². The Kier molecular flexibility index (Phi) is 6.08. The van der Waals surface area contributed by atoms with Gasteiger partial charge in [-0.25, -0.2) is 8.78 Å². The summed E-state index contributed by atoms with van der Waals surface area (Å²) in [5.74, 6) is -0.645. The third kappa shape index (κ3) is 4.34. The number of piperidine rings is 1. The number of aromatic nitrogens is 2. The zero-order chi connectivity index (χ0) is 22.5. The molecule has 0 aromatic carbocycles. The minimum absolute atomic E-state index is 0.0173. The summed E-state index contributed by atoms with van der Waals surface area (Å²) in [6.07, 6.45) is 5.39. The van der Waals surface area contributed by atoms with Gasteiger partial charge in [0.05, 0.1) is 6.04 Å². The van der Waals surface area contributed by atoms with Gasteiger partial charge < -0.3 is 4.52 Å². The van der Waals surface area contributed by atoms with E-state index in [4.69, 9.17) is 4.52 Å². The first-order chi connectivity index (χ1) is 15.3. The van der Waals surface area contributed by atoms with Crippen LogP contribution in [0.3, 0.4) is 0 Å². The molecule has 0 bridgehead atoms. The van der Waals surface area contributed by atoms with Crippen molar-refractivity contribution in [3.8, 4) is 0 Å². The highest BCUT2D eigenvalue weighted by molar-refractivity contribution is 5.12. The molecule has 1 aromatic rings. The standard InChI is InChI=1S/C24H39F2N5O/c1-17(2)29-13-15-30(16-14-29)19-5-4-8-24(25,26)20(19)31-11-9-23(3,10-12-31)22-27-21(32-28-22)18-6-7-18/h17-20H,4-16H2,1-3H3/t19-,20+/m0/s1.